The number of alkyl halides is 5. The molecule has 0 radical (unpaired) electrons. The molecule has 31 heavy (non-hydrogen) atoms. The molecule has 0 saturated heterocycles. The number of nitrogens with one attached hydrogen (secondary N) is 2. The van der Waals surface area contributed by atoms with Crippen molar-refractivity contribution < 1.29 is 41.0 Å². The van der Waals surface area contributed by atoms with Gasteiger partial charge in [0.05, 0.1) is 19.2 Å². The van der Waals surface area contributed by atoms with Crippen molar-refractivity contribution in [1.82, 2.24) is 10.6 Å². The Morgan fingerprint density at radius 1 is 1.23 bits per heavy atom. The quantitative estimate of drug-likeness (QED) is 0.485. The summed E-state index contributed by atoms with van der Waals surface area (Å²) in [6.45, 7) is 0. The molecule has 1 aliphatic heterocycles. The van der Waals surface area contributed by atoms with Gasteiger partial charge in [-0.1, -0.05) is 17.8 Å². The van der Waals surface area contributed by atoms with E-state index in [2.05, 4.69) is 5.32 Å². The highest BCUT2D eigenvalue weighted by Crippen LogP contribution is 2.46. The van der Waals surface area contributed by atoms with Gasteiger partial charge < -0.3 is 25.8 Å². The molecular weight excluding hydrogens is 469 g/mol. The van der Waals surface area contributed by atoms with Crippen LogP contribution >= 0.6 is 23.5 Å². The van der Waals surface area contributed by atoms with Gasteiger partial charge >= 0.3 is 18.0 Å². The number of thioether (sulfide) groups is 2. The predicted octanol–water partition coefficient (Wildman–Crippen LogP) is 2.57. The molecule has 2 rings (SSSR count). The van der Waals surface area contributed by atoms with E-state index in [4.69, 9.17) is 15.2 Å². The number of benzene rings is 1. The minimum absolute atomic E-state index is 0.00735. The van der Waals surface area contributed by atoms with Gasteiger partial charge in [0.15, 0.2) is 0 Å². The summed E-state index contributed by atoms with van der Waals surface area (Å²) in [5, 5.41) is 3.93. The second-order valence-electron chi connectivity index (χ2n) is 6.10. The zero-order valence-electron chi connectivity index (χ0n) is 16.4. The Hall–Kier alpha value is -2.35. The second-order valence-corrected chi connectivity index (χ2v) is 8.60. The zero-order chi connectivity index (χ0) is 23.6. The summed E-state index contributed by atoms with van der Waals surface area (Å²) in [6, 6.07) is 4.68. The van der Waals surface area contributed by atoms with E-state index in [-0.39, 0.29) is 17.1 Å². The molecule has 2 amide bonds. The lowest BCUT2D eigenvalue weighted by Gasteiger charge is -2.24. The normalized spacial score (nSPS) is 19.1. The standard InChI is InChI=1S/C17H18F5N3O4S2/c1-28-9-5-4-8(11(7-9)29-2)6-10-12(31-16(25-10,30-3)13(23)26)24-14(27)15(18,19)17(20,21)22/h4-5,7,25H,6H2,1-3H3,(H2,23,26)(H,24,27). The van der Waals surface area contributed by atoms with Gasteiger partial charge in [0.25, 0.3) is 5.91 Å². The first kappa shape index (κ1) is 24.9. The van der Waals surface area contributed by atoms with Gasteiger partial charge in [-0.3, -0.25) is 9.59 Å². The summed E-state index contributed by atoms with van der Waals surface area (Å²) in [6.07, 6.45) is -4.72. The summed E-state index contributed by atoms with van der Waals surface area (Å²) in [5.74, 6) is -8.36. The minimum atomic E-state index is -6.09. The van der Waals surface area contributed by atoms with Gasteiger partial charge in [0.1, 0.15) is 11.5 Å². The lowest BCUT2D eigenvalue weighted by atomic mass is 10.1. The highest BCUT2D eigenvalue weighted by atomic mass is 32.2. The average Bonchev–Trinajstić information content (AvgIpc) is 3.06. The average molecular weight is 487 g/mol. The van der Waals surface area contributed by atoms with E-state index in [0.717, 1.165) is 11.8 Å². The molecule has 14 heteroatoms. The fraction of sp³-hybridized carbons (Fsp3) is 0.412. The molecule has 4 N–H and O–H groups in total. The van der Waals surface area contributed by atoms with E-state index in [0.29, 0.717) is 28.8 Å². The monoisotopic (exact) mass is 487 g/mol. The highest BCUT2D eigenvalue weighted by molar-refractivity contribution is 8.21. The Morgan fingerprint density at radius 2 is 1.87 bits per heavy atom. The molecule has 172 valence electrons. The van der Waals surface area contributed by atoms with Crippen molar-refractivity contribution in [2.24, 2.45) is 5.73 Å². The maximum atomic E-state index is 13.4. The molecule has 0 aliphatic carbocycles. The maximum absolute atomic E-state index is 13.4. The lowest BCUT2D eigenvalue weighted by molar-refractivity contribution is -0.269. The largest absolute Gasteiger partial charge is 0.497 e. The summed E-state index contributed by atoms with van der Waals surface area (Å²) in [5.41, 5.74) is 5.87. The third-order valence-corrected chi connectivity index (χ3v) is 6.95. The Labute approximate surface area is 182 Å². The van der Waals surface area contributed by atoms with Crippen LogP contribution in [0.25, 0.3) is 0 Å². The number of nitrogens with two attached hydrogens (primary N) is 1. The van der Waals surface area contributed by atoms with Gasteiger partial charge in [-0.05, 0) is 12.3 Å². The number of methoxy groups -OCH3 is 2. The number of ether oxygens (including phenoxy) is 2. The first-order valence-electron chi connectivity index (χ1n) is 8.33. The number of halogens is 5. The molecule has 1 aromatic rings. The van der Waals surface area contributed by atoms with Crippen LogP contribution in [0.15, 0.2) is 28.9 Å². The van der Waals surface area contributed by atoms with Crippen molar-refractivity contribution in [3.8, 4) is 11.5 Å². The van der Waals surface area contributed by atoms with Crippen molar-refractivity contribution in [3.63, 3.8) is 0 Å². The first-order chi connectivity index (χ1) is 14.3. The van der Waals surface area contributed by atoms with E-state index in [1.54, 1.807) is 17.4 Å². The number of carbonyl (C=O) groups is 2. The number of hydrogen-bond acceptors (Lipinski definition) is 7. The number of carbonyl (C=O) groups excluding carboxylic acids is 2. The van der Waals surface area contributed by atoms with Crippen LogP contribution in [0.2, 0.25) is 0 Å². The van der Waals surface area contributed by atoms with Gasteiger partial charge in [-0.15, -0.1) is 11.8 Å². The molecule has 1 heterocycles. The third kappa shape index (κ3) is 4.95. The molecular formula is C17H18F5N3O4S2. The van der Waals surface area contributed by atoms with Crippen LogP contribution in [0.3, 0.4) is 0 Å². The van der Waals surface area contributed by atoms with E-state index in [9.17, 15) is 31.5 Å². The van der Waals surface area contributed by atoms with Crippen molar-refractivity contribution in [2.75, 3.05) is 20.5 Å². The first-order valence-corrected chi connectivity index (χ1v) is 10.4. The van der Waals surface area contributed by atoms with Crippen LogP contribution in [0, 0.1) is 0 Å². The Bertz CT molecular complexity index is 910. The van der Waals surface area contributed by atoms with Crippen molar-refractivity contribution in [1.29, 1.82) is 0 Å². The Kier molecular flexibility index (Phi) is 7.25. The van der Waals surface area contributed by atoms with E-state index in [1.165, 1.54) is 26.5 Å². The smallest absolute Gasteiger partial charge is 0.463 e. The summed E-state index contributed by atoms with van der Waals surface area (Å²) in [7, 11) is 2.80. The van der Waals surface area contributed by atoms with Crippen molar-refractivity contribution in [2.45, 2.75) is 22.7 Å². The minimum Gasteiger partial charge on any atom is -0.497 e. The topological polar surface area (TPSA) is 103 Å². The van der Waals surface area contributed by atoms with Gasteiger partial charge in [-0.25, -0.2) is 0 Å². The number of hydrogen-bond donors (Lipinski definition) is 3. The number of allylic oxidation sites excluding steroid dienone is 1. The van der Waals surface area contributed by atoms with Crippen LogP contribution in [0.4, 0.5) is 22.0 Å². The molecule has 0 aromatic heterocycles. The molecule has 0 bridgehead atoms. The molecule has 1 aliphatic rings. The molecule has 1 unspecified atom stereocenters. The Balaban J connectivity index is 2.45. The third-order valence-electron chi connectivity index (χ3n) is 4.18. The molecule has 1 aromatic carbocycles. The van der Waals surface area contributed by atoms with Gasteiger partial charge in [0.2, 0.25) is 4.20 Å². The van der Waals surface area contributed by atoms with Gasteiger partial charge in [0, 0.05) is 23.7 Å². The predicted molar refractivity (Wildman–Crippen MR) is 106 cm³/mol. The summed E-state index contributed by atoms with van der Waals surface area (Å²) < 4.78 is 73.3. The summed E-state index contributed by atoms with van der Waals surface area (Å²) >= 11 is 1.41. The molecule has 0 saturated carbocycles. The van der Waals surface area contributed by atoms with E-state index < -0.39 is 28.1 Å². The zero-order valence-corrected chi connectivity index (χ0v) is 18.0. The van der Waals surface area contributed by atoms with Crippen LogP contribution in [0.1, 0.15) is 5.56 Å². The Morgan fingerprint density at radius 3 is 2.35 bits per heavy atom. The van der Waals surface area contributed by atoms with E-state index >= 15 is 0 Å². The summed E-state index contributed by atoms with van der Waals surface area (Å²) in [4.78, 5) is 23.7. The van der Waals surface area contributed by atoms with Crippen molar-refractivity contribution in [3.05, 3.63) is 34.5 Å². The number of rotatable bonds is 8. The van der Waals surface area contributed by atoms with Gasteiger partial charge in [-0.2, -0.15) is 22.0 Å². The molecule has 0 spiro atoms. The fourth-order valence-electron chi connectivity index (χ4n) is 2.52. The highest BCUT2D eigenvalue weighted by Gasteiger charge is 2.64. The number of amides is 2. The van der Waals surface area contributed by atoms with E-state index in [1.807, 2.05) is 0 Å². The van der Waals surface area contributed by atoms with Crippen LogP contribution in [-0.2, 0) is 16.0 Å². The maximum Gasteiger partial charge on any atom is 0.463 e. The van der Waals surface area contributed by atoms with Crippen LogP contribution < -0.4 is 25.8 Å². The second kappa shape index (κ2) is 9.02. The van der Waals surface area contributed by atoms with Crippen LogP contribution in [-0.4, -0.2) is 48.6 Å². The SMILES string of the molecule is COc1ccc(CC2=C(NC(=O)C(F)(F)C(F)(F)F)SC(SC)(C(N)=O)N2)c(OC)c1. The molecule has 0 fully saturated rings. The van der Waals surface area contributed by atoms with Crippen LogP contribution in [0.5, 0.6) is 11.5 Å². The number of primary amides is 1. The molecule has 1 atom stereocenters. The van der Waals surface area contributed by atoms with Crippen molar-refractivity contribution >= 4 is 35.3 Å². The fourth-order valence-corrected chi connectivity index (χ4v) is 4.48. The molecule has 7 nitrogen and oxygen atoms in total. The lowest BCUT2D eigenvalue weighted by Crippen LogP contribution is -2.50.